The Bertz CT molecular complexity index is 434. The van der Waals surface area contributed by atoms with Crippen LogP contribution >= 0.6 is 0 Å². The summed E-state index contributed by atoms with van der Waals surface area (Å²) in [6.45, 7) is 5.38. The van der Waals surface area contributed by atoms with Crippen molar-refractivity contribution < 1.29 is 4.92 Å². The molecule has 1 aromatic rings. The monoisotopic (exact) mass is 240 g/mol. The number of nitro groups is 1. The van der Waals surface area contributed by atoms with E-state index in [1.54, 1.807) is 18.9 Å². The summed E-state index contributed by atoms with van der Waals surface area (Å²) in [5.41, 5.74) is 2.48. The van der Waals surface area contributed by atoms with Crippen molar-refractivity contribution in [2.75, 3.05) is 17.4 Å². The SMILES string of the molecule is Cc1nc(NN)nc(N(C)C(C)C)c1[N+](=O)[O-]. The molecule has 0 aliphatic carbocycles. The first kappa shape index (κ1) is 13.1. The fraction of sp³-hybridized carbons (Fsp3) is 0.556. The summed E-state index contributed by atoms with van der Waals surface area (Å²) in [7, 11) is 1.74. The van der Waals surface area contributed by atoms with Gasteiger partial charge in [-0.15, -0.1) is 0 Å². The molecule has 8 heteroatoms. The molecule has 0 saturated heterocycles. The van der Waals surface area contributed by atoms with Gasteiger partial charge in [0.1, 0.15) is 5.69 Å². The summed E-state index contributed by atoms with van der Waals surface area (Å²) in [5.74, 6) is 5.64. The first-order valence-electron chi connectivity index (χ1n) is 5.11. The maximum absolute atomic E-state index is 11.0. The van der Waals surface area contributed by atoms with Crippen LogP contribution < -0.4 is 16.2 Å². The Kier molecular flexibility index (Phi) is 3.79. The van der Waals surface area contributed by atoms with Crippen molar-refractivity contribution in [3.8, 4) is 0 Å². The van der Waals surface area contributed by atoms with Crippen LogP contribution in [0.5, 0.6) is 0 Å². The molecule has 0 atom stereocenters. The highest BCUT2D eigenvalue weighted by Gasteiger charge is 2.25. The number of nitrogen functional groups attached to an aromatic ring is 1. The van der Waals surface area contributed by atoms with Crippen LogP contribution in [-0.2, 0) is 0 Å². The summed E-state index contributed by atoms with van der Waals surface area (Å²) >= 11 is 0. The van der Waals surface area contributed by atoms with E-state index in [-0.39, 0.29) is 29.2 Å². The molecule has 1 aromatic heterocycles. The normalized spacial score (nSPS) is 10.5. The standard InChI is InChI=1S/C9H16N6O2/c1-5(2)14(4)8-7(15(16)17)6(3)11-9(12-8)13-10/h5H,10H2,1-4H3,(H,11,12,13). The largest absolute Gasteiger partial charge is 0.351 e. The molecule has 0 fully saturated rings. The summed E-state index contributed by atoms with van der Waals surface area (Å²) in [6, 6.07) is 0.0774. The number of nitrogens with one attached hydrogen (secondary N) is 1. The van der Waals surface area contributed by atoms with E-state index < -0.39 is 4.92 Å². The van der Waals surface area contributed by atoms with E-state index >= 15 is 0 Å². The van der Waals surface area contributed by atoms with Crippen molar-refractivity contribution in [2.24, 2.45) is 5.84 Å². The number of aryl methyl sites for hydroxylation is 1. The van der Waals surface area contributed by atoms with E-state index in [0.717, 1.165) is 0 Å². The van der Waals surface area contributed by atoms with Crippen molar-refractivity contribution in [3.63, 3.8) is 0 Å². The number of hydrazine groups is 1. The zero-order valence-electron chi connectivity index (χ0n) is 10.3. The summed E-state index contributed by atoms with van der Waals surface area (Å²) < 4.78 is 0. The summed E-state index contributed by atoms with van der Waals surface area (Å²) in [5, 5.41) is 11.0. The molecule has 8 nitrogen and oxygen atoms in total. The highest BCUT2D eigenvalue weighted by molar-refractivity contribution is 5.62. The van der Waals surface area contributed by atoms with Gasteiger partial charge in [0.15, 0.2) is 0 Å². The van der Waals surface area contributed by atoms with Crippen LogP contribution in [0.15, 0.2) is 0 Å². The Labute approximate surface area is 99.0 Å². The lowest BCUT2D eigenvalue weighted by molar-refractivity contribution is -0.385. The number of nitrogens with two attached hydrogens (primary N) is 1. The zero-order valence-corrected chi connectivity index (χ0v) is 10.3. The molecule has 0 radical (unpaired) electrons. The minimum Gasteiger partial charge on any atom is -0.351 e. The average molecular weight is 240 g/mol. The van der Waals surface area contributed by atoms with E-state index in [2.05, 4.69) is 15.4 Å². The molecular formula is C9H16N6O2. The van der Waals surface area contributed by atoms with Crippen LogP contribution in [-0.4, -0.2) is 28.0 Å². The van der Waals surface area contributed by atoms with E-state index in [1.165, 1.54) is 0 Å². The first-order valence-corrected chi connectivity index (χ1v) is 5.11. The molecule has 17 heavy (non-hydrogen) atoms. The fourth-order valence-corrected chi connectivity index (χ4v) is 1.32. The second kappa shape index (κ2) is 4.91. The minimum absolute atomic E-state index is 0.0774. The predicted octanol–water partition coefficient (Wildman–Crippen LogP) is 0.823. The van der Waals surface area contributed by atoms with Crippen molar-refractivity contribution in [3.05, 3.63) is 15.8 Å². The van der Waals surface area contributed by atoms with Crippen LogP contribution in [0, 0.1) is 17.0 Å². The number of aromatic nitrogens is 2. The van der Waals surface area contributed by atoms with Gasteiger partial charge in [0.05, 0.1) is 4.92 Å². The molecule has 0 aliphatic heterocycles. The third-order valence-corrected chi connectivity index (χ3v) is 2.46. The molecule has 1 rings (SSSR count). The maximum atomic E-state index is 11.0. The van der Waals surface area contributed by atoms with Crippen molar-refractivity contribution >= 4 is 17.5 Å². The van der Waals surface area contributed by atoms with Gasteiger partial charge >= 0.3 is 5.69 Å². The lowest BCUT2D eigenvalue weighted by Crippen LogP contribution is -2.28. The maximum Gasteiger partial charge on any atom is 0.332 e. The lowest BCUT2D eigenvalue weighted by Gasteiger charge is -2.22. The lowest BCUT2D eigenvalue weighted by atomic mass is 10.3. The highest BCUT2D eigenvalue weighted by Crippen LogP contribution is 2.29. The Morgan fingerprint density at radius 2 is 2.06 bits per heavy atom. The van der Waals surface area contributed by atoms with E-state index in [9.17, 15) is 10.1 Å². The molecule has 94 valence electrons. The molecule has 0 saturated carbocycles. The molecule has 0 aliphatic rings. The highest BCUT2D eigenvalue weighted by atomic mass is 16.6. The van der Waals surface area contributed by atoms with Crippen molar-refractivity contribution in [1.82, 2.24) is 9.97 Å². The Balaban J connectivity index is 3.42. The third-order valence-electron chi connectivity index (χ3n) is 2.46. The molecule has 3 N–H and O–H groups in total. The van der Waals surface area contributed by atoms with E-state index in [1.807, 2.05) is 13.8 Å². The second-order valence-corrected chi connectivity index (χ2v) is 3.91. The van der Waals surface area contributed by atoms with Gasteiger partial charge in [0.2, 0.25) is 11.8 Å². The van der Waals surface area contributed by atoms with Gasteiger partial charge in [-0.3, -0.25) is 15.5 Å². The molecule has 0 spiro atoms. The fourth-order valence-electron chi connectivity index (χ4n) is 1.32. The molecule has 1 heterocycles. The van der Waals surface area contributed by atoms with Gasteiger partial charge in [0.25, 0.3) is 0 Å². The van der Waals surface area contributed by atoms with Gasteiger partial charge in [0, 0.05) is 13.1 Å². The summed E-state index contributed by atoms with van der Waals surface area (Å²) in [4.78, 5) is 20.2. The molecule has 0 aromatic carbocycles. The van der Waals surface area contributed by atoms with Crippen LogP contribution in [0.4, 0.5) is 17.5 Å². The Morgan fingerprint density at radius 1 is 1.47 bits per heavy atom. The number of hydrogen-bond acceptors (Lipinski definition) is 7. The van der Waals surface area contributed by atoms with Crippen LogP contribution in [0.1, 0.15) is 19.5 Å². The molecular weight excluding hydrogens is 224 g/mol. The smallest absolute Gasteiger partial charge is 0.332 e. The predicted molar refractivity (Wildman–Crippen MR) is 64.8 cm³/mol. The van der Waals surface area contributed by atoms with E-state index in [4.69, 9.17) is 5.84 Å². The molecule has 0 unspecified atom stereocenters. The first-order chi connectivity index (χ1) is 7.88. The van der Waals surface area contributed by atoms with Gasteiger partial charge in [-0.25, -0.2) is 10.8 Å². The third kappa shape index (κ3) is 2.59. The minimum atomic E-state index is -0.482. The number of hydrogen-bond donors (Lipinski definition) is 2. The number of anilines is 2. The second-order valence-electron chi connectivity index (χ2n) is 3.91. The zero-order chi connectivity index (χ0) is 13.2. The summed E-state index contributed by atoms with van der Waals surface area (Å²) in [6.07, 6.45) is 0. The Morgan fingerprint density at radius 3 is 2.47 bits per heavy atom. The average Bonchev–Trinajstić information content (AvgIpc) is 2.25. The van der Waals surface area contributed by atoms with Gasteiger partial charge in [-0.05, 0) is 20.8 Å². The van der Waals surface area contributed by atoms with Crippen LogP contribution in [0.25, 0.3) is 0 Å². The molecule has 0 bridgehead atoms. The van der Waals surface area contributed by atoms with Crippen LogP contribution in [0.3, 0.4) is 0 Å². The van der Waals surface area contributed by atoms with Gasteiger partial charge < -0.3 is 4.90 Å². The Hall–Kier alpha value is -1.96. The topological polar surface area (TPSA) is 110 Å². The number of nitrogens with zero attached hydrogens (tertiary/aromatic N) is 4. The number of rotatable bonds is 4. The van der Waals surface area contributed by atoms with Crippen molar-refractivity contribution in [1.29, 1.82) is 0 Å². The van der Waals surface area contributed by atoms with Gasteiger partial charge in [-0.2, -0.15) is 4.98 Å². The van der Waals surface area contributed by atoms with Crippen molar-refractivity contribution in [2.45, 2.75) is 26.8 Å². The quantitative estimate of drug-likeness (QED) is 0.455. The van der Waals surface area contributed by atoms with Gasteiger partial charge in [-0.1, -0.05) is 0 Å². The van der Waals surface area contributed by atoms with Crippen LogP contribution in [0.2, 0.25) is 0 Å². The van der Waals surface area contributed by atoms with E-state index in [0.29, 0.717) is 0 Å². The molecule has 0 amide bonds.